The molecule has 0 radical (unpaired) electrons. The fourth-order valence-electron chi connectivity index (χ4n) is 2.22. The van der Waals surface area contributed by atoms with Crippen molar-refractivity contribution in [2.45, 2.75) is 46.3 Å². The van der Waals surface area contributed by atoms with Crippen LogP contribution in [0.15, 0.2) is 18.2 Å². The highest BCUT2D eigenvalue weighted by atomic mass is 19.1. The predicted molar refractivity (Wildman–Crippen MR) is 92.9 cm³/mol. The number of anilines is 2. The number of nitrogens with two attached hydrogens (primary N) is 1. The quantitative estimate of drug-likeness (QED) is 0.844. The molecule has 0 aliphatic carbocycles. The zero-order valence-corrected chi connectivity index (χ0v) is 14.7. The van der Waals surface area contributed by atoms with E-state index in [0.717, 1.165) is 16.9 Å². The number of ether oxygens (including phenoxy) is 1. The number of alkyl halides is 1. The van der Waals surface area contributed by atoms with Gasteiger partial charge in [0.1, 0.15) is 12.4 Å². The molecule has 0 saturated carbocycles. The third-order valence-electron chi connectivity index (χ3n) is 3.26. The largest absolute Gasteiger partial charge is 0.491 e. The molecule has 6 nitrogen and oxygen atoms in total. The lowest BCUT2D eigenvalue weighted by molar-refractivity contribution is 0.206. The summed E-state index contributed by atoms with van der Waals surface area (Å²) in [6.07, 6.45) is 0. The molecule has 1 aromatic carbocycles. The molecule has 1 heterocycles. The summed E-state index contributed by atoms with van der Waals surface area (Å²) in [6, 6.07) is 5.94. The van der Waals surface area contributed by atoms with Crippen molar-refractivity contribution in [3.05, 3.63) is 35.2 Å². The first-order chi connectivity index (χ1) is 11.1. The molecule has 1 atom stereocenters. The molecule has 3 N–H and O–H groups in total. The average molecular weight is 333 g/mol. The zero-order chi connectivity index (χ0) is 17.9. The third-order valence-corrected chi connectivity index (χ3v) is 3.26. The van der Waals surface area contributed by atoms with E-state index in [1.807, 2.05) is 32.9 Å². The molecule has 0 amide bonds. The van der Waals surface area contributed by atoms with Gasteiger partial charge in [-0.25, -0.2) is 4.39 Å². The van der Waals surface area contributed by atoms with Gasteiger partial charge in [0.05, 0.1) is 6.04 Å². The van der Waals surface area contributed by atoms with Crippen molar-refractivity contribution in [3.63, 3.8) is 0 Å². The Hall–Kier alpha value is -2.44. The fourth-order valence-corrected chi connectivity index (χ4v) is 2.22. The molecule has 130 valence electrons. The van der Waals surface area contributed by atoms with Crippen molar-refractivity contribution in [1.82, 2.24) is 15.0 Å². The second-order valence-electron chi connectivity index (χ2n) is 6.49. The van der Waals surface area contributed by atoms with Gasteiger partial charge in [-0.3, -0.25) is 0 Å². The summed E-state index contributed by atoms with van der Waals surface area (Å²) in [5, 5.41) is 3.06. The molecular weight excluding hydrogens is 309 g/mol. The van der Waals surface area contributed by atoms with E-state index in [1.165, 1.54) is 13.8 Å². The number of benzene rings is 1. The Balaban J connectivity index is 2.02. The van der Waals surface area contributed by atoms with E-state index in [2.05, 4.69) is 26.3 Å². The Morgan fingerprint density at radius 3 is 2.38 bits per heavy atom. The Morgan fingerprint density at radius 1 is 1.17 bits per heavy atom. The zero-order valence-electron chi connectivity index (χ0n) is 14.7. The average Bonchev–Trinajstić information content (AvgIpc) is 2.42. The lowest BCUT2D eigenvalue weighted by Gasteiger charge is -2.18. The molecule has 2 rings (SSSR count). The number of hydrogen-bond donors (Lipinski definition) is 2. The van der Waals surface area contributed by atoms with E-state index in [4.69, 9.17) is 10.5 Å². The highest BCUT2D eigenvalue weighted by Gasteiger charge is 2.24. The van der Waals surface area contributed by atoms with Crippen molar-refractivity contribution >= 4 is 11.9 Å². The highest BCUT2D eigenvalue weighted by molar-refractivity contribution is 5.34. The van der Waals surface area contributed by atoms with E-state index in [0.29, 0.717) is 6.61 Å². The normalized spacial score (nSPS) is 12.8. The van der Waals surface area contributed by atoms with Gasteiger partial charge in [0.25, 0.3) is 0 Å². The van der Waals surface area contributed by atoms with Crippen LogP contribution in [-0.4, -0.2) is 27.6 Å². The van der Waals surface area contributed by atoms with Crippen molar-refractivity contribution < 1.29 is 9.13 Å². The summed E-state index contributed by atoms with van der Waals surface area (Å²) in [6.45, 7) is 9.12. The summed E-state index contributed by atoms with van der Waals surface area (Å²) < 4.78 is 19.8. The lowest BCUT2D eigenvalue weighted by atomic mass is 10.1. The van der Waals surface area contributed by atoms with Crippen LogP contribution < -0.4 is 15.8 Å². The number of hydrogen-bond acceptors (Lipinski definition) is 6. The minimum Gasteiger partial charge on any atom is -0.491 e. The molecule has 0 spiro atoms. The lowest BCUT2D eigenvalue weighted by Crippen LogP contribution is -2.26. The highest BCUT2D eigenvalue weighted by Crippen LogP contribution is 2.22. The van der Waals surface area contributed by atoms with Gasteiger partial charge in [-0.2, -0.15) is 15.0 Å². The maximum atomic E-state index is 14.0. The van der Waals surface area contributed by atoms with Crippen LogP contribution in [0.5, 0.6) is 5.75 Å². The minimum atomic E-state index is -1.69. The number of aromatic nitrogens is 3. The molecule has 0 bridgehead atoms. The topological polar surface area (TPSA) is 86.0 Å². The van der Waals surface area contributed by atoms with Crippen molar-refractivity contribution in [3.8, 4) is 5.75 Å². The van der Waals surface area contributed by atoms with Crippen LogP contribution in [0, 0.1) is 13.8 Å². The van der Waals surface area contributed by atoms with E-state index in [1.54, 1.807) is 0 Å². The Labute approximate surface area is 141 Å². The first-order valence-corrected chi connectivity index (χ1v) is 7.82. The van der Waals surface area contributed by atoms with E-state index < -0.39 is 5.67 Å². The predicted octanol–water partition coefficient (Wildman–Crippen LogP) is 3.15. The first-order valence-electron chi connectivity index (χ1n) is 7.82. The standard InChI is InChI=1S/C17H24FN5O/c1-10-6-11(2)8-13(7-10)24-9-12(3)20-16-22-14(17(4,5)18)21-15(19)23-16/h6-8,12H,9H2,1-5H3,(H3,19,20,21,22,23). The number of rotatable bonds is 6. The molecule has 0 fully saturated rings. The van der Waals surface area contributed by atoms with Crippen LogP contribution >= 0.6 is 0 Å². The second-order valence-corrected chi connectivity index (χ2v) is 6.49. The SMILES string of the molecule is Cc1cc(C)cc(OCC(C)Nc2nc(N)nc(C(C)(C)F)n2)c1. The van der Waals surface area contributed by atoms with Crippen LogP contribution in [0.3, 0.4) is 0 Å². The summed E-state index contributed by atoms with van der Waals surface area (Å²) in [7, 11) is 0. The summed E-state index contributed by atoms with van der Waals surface area (Å²) in [4.78, 5) is 11.9. The Kier molecular flexibility index (Phi) is 5.21. The Bertz CT molecular complexity index is 694. The van der Waals surface area contributed by atoms with E-state index in [9.17, 15) is 4.39 Å². The molecule has 0 aliphatic heterocycles. The maximum absolute atomic E-state index is 14.0. The van der Waals surface area contributed by atoms with Gasteiger partial charge in [0.15, 0.2) is 11.5 Å². The molecule has 7 heteroatoms. The van der Waals surface area contributed by atoms with Crippen LogP contribution in [-0.2, 0) is 5.67 Å². The van der Waals surface area contributed by atoms with Crippen LogP contribution in [0.2, 0.25) is 0 Å². The monoisotopic (exact) mass is 333 g/mol. The third kappa shape index (κ3) is 5.04. The van der Waals surface area contributed by atoms with Crippen molar-refractivity contribution in [2.24, 2.45) is 0 Å². The first kappa shape index (κ1) is 17.9. The van der Waals surface area contributed by atoms with Crippen LogP contribution in [0.25, 0.3) is 0 Å². The van der Waals surface area contributed by atoms with Crippen molar-refractivity contribution in [1.29, 1.82) is 0 Å². The minimum absolute atomic E-state index is 0.0000673. The van der Waals surface area contributed by atoms with Crippen LogP contribution in [0.1, 0.15) is 37.7 Å². The van der Waals surface area contributed by atoms with Crippen molar-refractivity contribution in [2.75, 3.05) is 17.7 Å². The van der Waals surface area contributed by atoms with E-state index >= 15 is 0 Å². The van der Waals surface area contributed by atoms with Gasteiger partial charge in [-0.05, 0) is 57.9 Å². The van der Waals surface area contributed by atoms with Gasteiger partial charge in [-0.15, -0.1) is 0 Å². The molecule has 0 saturated heterocycles. The van der Waals surface area contributed by atoms with Gasteiger partial charge < -0.3 is 15.8 Å². The van der Waals surface area contributed by atoms with Gasteiger partial charge in [-0.1, -0.05) is 6.07 Å². The molecule has 24 heavy (non-hydrogen) atoms. The summed E-state index contributed by atoms with van der Waals surface area (Å²) in [5.74, 6) is 1.03. The molecule has 0 aliphatic rings. The molecular formula is C17H24FN5O. The molecule has 2 aromatic rings. The van der Waals surface area contributed by atoms with Crippen LogP contribution in [0.4, 0.5) is 16.3 Å². The summed E-state index contributed by atoms with van der Waals surface area (Å²) >= 11 is 0. The molecule has 1 aromatic heterocycles. The number of nitrogens with zero attached hydrogens (tertiary/aromatic N) is 3. The van der Waals surface area contributed by atoms with Gasteiger partial charge in [0, 0.05) is 0 Å². The second kappa shape index (κ2) is 6.98. The summed E-state index contributed by atoms with van der Waals surface area (Å²) in [5.41, 5.74) is 6.23. The molecule has 1 unspecified atom stereocenters. The number of halogens is 1. The number of aryl methyl sites for hydroxylation is 2. The maximum Gasteiger partial charge on any atom is 0.228 e. The van der Waals surface area contributed by atoms with Gasteiger partial charge >= 0.3 is 0 Å². The van der Waals surface area contributed by atoms with Gasteiger partial charge in [0.2, 0.25) is 11.9 Å². The number of nitrogen functional groups attached to an aromatic ring is 1. The smallest absolute Gasteiger partial charge is 0.228 e. The Morgan fingerprint density at radius 2 is 1.79 bits per heavy atom. The number of nitrogens with one attached hydrogen (secondary N) is 1. The fraction of sp³-hybridized carbons (Fsp3) is 0.471. The van der Waals surface area contributed by atoms with E-state index in [-0.39, 0.29) is 23.8 Å².